The Bertz CT molecular complexity index is 1990. The largest absolute Gasteiger partial charge is 0.368 e. The molecule has 5 rings (SSSR count). The van der Waals surface area contributed by atoms with E-state index in [-0.39, 0.29) is 28.7 Å². The molecule has 0 fully saturated rings. The Morgan fingerprint density at radius 3 is 2.54 bits per heavy atom. The van der Waals surface area contributed by atoms with E-state index in [9.17, 15) is 18.5 Å². The molecule has 0 amide bonds. The second-order valence-corrected chi connectivity index (χ2v) is 11.4. The van der Waals surface area contributed by atoms with Crippen LogP contribution >= 0.6 is 0 Å². The SMILES string of the molecule is C[C@H](Nc1nc(N)ncc1C#N)c1cc2cccc(-c3ccnc(N(C)S(C)(=O)=O)c3)c2c(=O)n1-c1ccccc1. The lowest BCUT2D eigenvalue weighted by Gasteiger charge is -2.22. The van der Waals surface area contributed by atoms with Crippen LogP contribution in [0.25, 0.3) is 27.6 Å². The summed E-state index contributed by atoms with van der Waals surface area (Å²) in [6.07, 6.45) is 3.96. The highest BCUT2D eigenvalue weighted by molar-refractivity contribution is 7.92. The Morgan fingerprint density at radius 2 is 1.83 bits per heavy atom. The summed E-state index contributed by atoms with van der Waals surface area (Å²) in [6, 6.07) is 21.6. The highest BCUT2D eigenvalue weighted by Gasteiger charge is 2.21. The summed E-state index contributed by atoms with van der Waals surface area (Å²) < 4.78 is 27.0. The number of rotatable bonds is 7. The van der Waals surface area contributed by atoms with Gasteiger partial charge in [-0.25, -0.2) is 18.4 Å². The molecule has 3 heterocycles. The molecule has 2 aromatic carbocycles. The topological polar surface area (TPSA) is 160 Å². The first-order valence-corrected chi connectivity index (χ1v) is 14.4. The monoisotopic (exact) mass is 566 g/mol. The minimum atomic E-state index is -3.54. The lowest BCUT2D eigenvalue weighted by molar-refractivity contribution is 0.600. The highest BCUT2D eigenvalue weighted by atomic mass is 32.2. The molecule has 1 atom stereocenters. The number of nitrogen functional groups attached to an aromatic ring is 1. The Kier molecular flexibility index (Phi) is 7.13. The first kappa shape index (κ1) is 27.3. The zero-order valence-corrected chi connectivity index (χ0v) is 23.3. The van der Waals surface area contributed by atoms with Gasteiger partial charge >= 0.3 is 0 Å². The van der Waals surface area contributed by atoms with Gasteiger partial charge in [0.05, 0.1) is 23.9 Å². The molecule has 11 nitrogen and oxygen atoms in total. The molecular weight excluding hydrogens is 540 g/mol. The highest BCUT2D eigenvalue weighted by Crippen LogP contribution is 2.31. The van der Waals surface area contributed by atoms with E-state index in [1.165, 1.54) is 19.4 Å². The summed E-state index contributed by atoms with van der Waals surface area (Å²) >= 11 is 0. The average molecular weight is 567 g/mol. The zero-order chi connectivity index (χ0) is 29.3. The molecule has 0 saturated heterocycles. The van der Waals surface area contributed by atoms with Gasteiger partial charge in [-0.05, 0) is 53.8 Å². The van der Waals surface area contributed by atoms with Crippen LogP contribution in [-0.2, 0) is 10.0 Å². The first-order chi connectivity index (χ1) is 19.6. The molecule has 0 unspecified atom stereocenters. The van der Waals surface area contributed by atoms with Crippen LogP contribution in [0.2, 0.25) is 0 Å². The van der Waals surface area contributed by atoms with Crippen LogP contribution in [0.4, 0.5) is 17.6 Å². The van der Waals surface area contributed by atoms with Crippen molar-refractivity contribution in [3.63, 3.8) is 0 Å². The van der Waals surface area contributed by atoms with E-state index in [4.69, 9.17) is 5.73 Å². The van der Waals surface area contributed by atoms with E-state index < -0.39 is 16.1 Å². The van der Waals surface area contributed by atoms with E-state index in [1.807, 2.05) is 61.5 Å². The van der Waals surface area contributed by atoms with Crippen molar-refractivity contribution in [2.24, 2.45) is 0 Å². The number of fused-ring (bicyclic) bond motifs is 1. The molecule has 0 aliphatic carbocycles. The number of nitriles is 1. The second kappa shape index (κ2) is 10.7. The number of nitrogens with one attached hydrogen (secondary N) is 1. The normalized spacial score (nSPS) is 12.0. The molecule has 206 valence electrons. The lowest BCUT2D eigenvalue weighted by atomic mass is 9.98. The van der Waals surface area contributed by atoms with Gasteiger partial charge in [0.1, 0.15) is 23.3 Å². The Morgan fingerprint density at radius 1 is 1.07 bits per heavy atom. The molecule has 5 aromatic rings. The number of nitrogens with two attached hydrogens (primary N) is 1. The van der Waals surface area contributed by atoms with E-state index >= 15 is 0 Å². The van der Waals surface area contributed by atoms with Crippen molar-refractivity contribution in [3.8, 4) is 22.9 Å². The Balaban J connectivity index is 1.73. The fourth-order valence-corrected chi connectivity index (χ4v) is 5.02. The number of aromatic nitrogens is 4. The predicted octanol–water partition coefficient (Wildman–Crippen LogP) is 3.87. The molecular formula is C29H26N8O3S. The Labute approximate surface area is 236 Å². The maximum Gasteiger partial charge on any atom is 0.263 e. The number of benzene rings is 2. The molecule has 0 aliphatic heterocycles. The molecule has 3 N–H and O–H groups in total. The Hall–Kier alpha value is -5.28. The molecule has 0 aliphatic rings. The summed E-state index contributed by atoms with van der Waals surface area (Å²) in [7, 11) is -2.11. The summed E-state index contributed by atoms with van der Waals surface area (Å²) in [4.78, 5) is 26.7. The molecule has 0 spiro atoms. The second-order valence-electron chi connectivity index (χ2n) is 9.42. The van der Waals surface area contributed by atoms with Crippen molar-refractivity contribution in [3.05, 3.63) is 101 Å². The summed E-state index contributed by atoms with van der Waals surface area (Å²) in [5.41, 5.74) is 8.26. The van der Waals surface area contributed by atoms with Gasteiger partial charge in [-0.15, -0.1) is 0 Å². The van der Waals surface area contributed by atoms with Crippen LogP contribution in [0.1, 0.15) is 24.2 Å². The van der Waals surface area contributed by atoms with Gasteiger partial charge in [0.2, 0.25) is 16.0 Å². The lowest BCUT2D eigenvalue weighted by Crippen LogP contribution is -2.26. The number of pyridine rings is 2. The summed E-state index contributed by atoms with van der Waals surface area (Å²) in [5, 5.41) is 13.9. The van der Waals surface area contributed by atoms with Gasteiger partial charge in [-0.3, -0.25) is 13.7 Å². The quantitative estimate of drug-likeness (QED) is 0.298. The third-order valence-corrected chi connectivity index (χ3v) is 7.87. The minimum absolute atomic E-state index is 0.0144. The van der Waals surface area contributed by atoms with Gasteiger partial charge in [-0.1, -0.05) is 36.4 Å². The fourth-order valence-electron chi connectivity index (χ4n) is 4.58. The standard InChI is InChI=1S/C29H26N8O3S/c1-18(34-27-21(16-30)17-33-29(31)35-27)24-14-20-8-7-11-23(19-12-13-32-25(15-19)36(2)41(3,39)40)26(20)28(38)37(24)22-9-5-4-6-10-22/h4-15,17-18H,1-3H3,(H3,31,33,34,35)/t18-/m0/s1. The smallest absolute Gasteiger partial charge is 0.263 e. The van der Waals surface area contributed by atoms with E-state index in [1.54, 1.807) is 16.7 Å². The van der Waals surface area contributed by atoms with E-state index in [2.05, 4.69) is 26.3 Å². The minimum Gasteiger partial charge on any atom is -0.368 e. The van der Waals surface area contributed by atoms with E-state index in [0.29, 0.717) is 33.3 Å². The molecule has 12 heteroatoms. The van der Waals surface area contributed by atoms with Gasteiger partial charge < -0.3 is 11.1 Å². The summed E-state index contributed by atoms with van der Waals surface area (Å²) in [5.74, 6) is 0.505. The number of nitrogens with zero attached hydrogens (tertiary/aromatic N) is 6. The van der Waals surface area contributed by atoms with Crippen molar-refractivity contribution >= 4 is 38.4 Å². The molecule has 0 saturated carbocycles. The van der Waals surface area contributed by atoms with Crippen LogP contribution in [0.5, 0.6) is 0 Å². The van der Waals surface area contributed by atoms with Crippen molar-refractivity contribution in [2.75, 3.05) is 28.7 Å². The van der Waals surface area contributed by atoms with Gasteiger partial charge in [-0.2, -0.15) is 10.2 Å². The first-order valence-electron chi connectivity index (χ1n) is 12.5. The molecule has 3 aromatic heterocycles. The third-order valence-electron chi connectivity index (χ3n) is 6.69. The molecule has 0 radical (unpaired) electrons. The van der Waals surface area contributed by atoms with Gasteiger partial charge in [0.15, 0.2) is 0 Å². The third kappa shape index (κ3) is 5.30. The van der Waals surface area contributed by atoms with Crippen molar-refractivity contribution < 1.29 is 8.42 Å². The number of anilines is 3. The van der Waals surface area contributed by atoms with Crippen LogP contribution in [0.15, 0.2) is 83.9 Å². The van der Waals surface area contributed by atoms with Crippen molar-refractivity contribution in [1.82, 2.24) is 19.5 Å². The van der Waals surface area contributed by atoms with Crippen molar-refractivity contribution in [1.29, 1.82) is 5.26 Å². The van der Waals surface area contributed by atoms with E-state index in [0.717, 1.165) is 10.6 Å². The fraction of sp³-hybridized carbons (Fsp3) is 0.138. The molecule has 41 heavy (non-hydrogen) atoms. The van der Waals surface area contributed by atoms with Crippen LogP contribution in [0, 0.1) is 11.3 Å². The number of para-hydroxylation sites is 1. The van der Waals surface area contributed by atoms with Crippen LogP contribution in [-0.4, -0.2) is 41.2 Å². The number of hydrogen-bond acceptors (Lipinski definition) is 9. The van der Waals surface area contributed by atoms with Crippen molar-refractivity contribution in [2.45, 2.75) is 13.0 Å². The maximum atomic E-state index is 14.4. The number of sulfonamides is 1. The molecule has 0 bridgehead atoms. The maximum absolute atomic E-state index is 14.4. The average Bonchev–Trinajstić information content (AvgIpc) is 2.96. The summed E-state index contributed by atoms with van der Waals surface area (Å²) in [6.45, 7) is 1.86. The van der Waals surface area contributed by atoms with Gasteiger partial charge in [0, 0.05) is 24.6 Å². The predicted molar refractivity (Wildman–Crippen MR) is 159 cm³/mol. The van der Waals surface area contributed by atoms with Crippen LogP contribution < -0.4 is 20.9 Å². The van der Waals surface area contributed by atoms with Crippen LogP contribution in [0.3, 0.4) is 0 Å². The zero-order valence-electron chi connectivity index (χ0n) is 22.5. The number of hydrogen-bond donors (Lipinski definition) is 2. The van der Waals surface area contributed by atoms with Gasteiger partial charge in [0.25, 0.3) is 5.56 Å².